The Labute approximate surface area is 198 Å². The molecule has 3 aliphatic heterocycles. The second-order valence-electron chi connectivity index (χ2n) is 9.61. The van der Waals surface area contributed by atoms with E-state index in [1.54, 1.807) is 0 Å². The van der Waals surface area contributed by atoms with Crippen LogP contribution in [0.2, 0.25) is 0 Å². The minimum atomic E-state index is 0.584. The zero-order valence-corrected chi connectivity index (χ0v) is 20.5. The fraction of sp³-hybridized carbons (Fsp3) is 0.783. The monoisotopic (exact) mass is 461 g/mol. The van der Waals surface area contributed by atoms with E-state index in [0.29, 0.717) is 17.0 Å². The largest absolute Gasteiger partial charge is 0.379 e. The molecule has 1 atom stereocenters. The summed E-state index contributed by atoms with van der Waals surface area (Å²) >= 11 is 5.56. The van der Waals surface area contributed by atoms with Crippen LogP contribution in [0.3, 0.4) is 0 Å². The van der Waals surface area contributed by atoms with E-state index in [0.717, 1.165) is 83.1 Å². The predicted octanol–water partition coefficient (Wildman–Crippen LogP) is 2.57. The maximum absolute atomic E-state index is 5.56. The molecule has 0 bridgehead atoms. The molecular weight excluding hydrogens is 422 g/mol. The Morgan fingerprint density at radius 2 is 1.72 bits per heavy atom. The van der Waals surface area contributed by atoms with E-state index < -0.39 is 0 Å². The van der Waals surface area contributed by atoms with E-state index in [1.807, 2.05) is 0 Å². The third-order valence-corrected chi connectivity index (χ3v) is 7.08. The number of anilines is 3. The van der Waals surface area contributed by atoms with Crippen molar-refractivity contribution in [2.24, 2.45) is 11.8 Å². The quantitative estimate of drug-likeness (QED) is 0.622. The van der Waals surface area contributed by atoms with E-state index in [2.05, 4.69) is 45.2 Å². The second-order valence-corrected chi connectivity index (χ2v) is 10.0. The first-order valence-electron chi connectivity index (χ1n) is 12.3. The molecule has 8 nitrogen and oxygen atoms in total. The smallest absolute Gasteiger partial charge is 0.232 e. The first-order valence-corrected chi connectivity index (χ1v) is 12.7. The van der Waals surface area contributed by atoms with E-state index in [1.165, 1.54) is 25.7 Å². The molecule has 0 amide bonds. The fourth-order valence-electron chi connectivity index (χ4n) is 4.74. The van der Waals surface area contributed by atoms with Crippen LogP contribution in [0.1, 0.15) is 39.5 Å². The SMILES string of the molecule is CC1CCN(c2cc(N3CCC[C@H](C)C3)nc(NC(=S)NCCN3CCOCC3)n2)CC1. The number of rotatable bonds is 6. The van der Waals surface area contributed by atoms with Crippen molar-refractivity contribution in [2.75, 3.05) is 80.7 Å². The summed E-state index contributed by atoms with van der Waals surface area (Å²) in [5.74, 6) is 4.10. The van der Waals surface area contributed by atoms with Gasteiger partial charge in [0.2, 0.25) is 5.95 Å². The van der Waals surface area contributed by atoms with E-state index in [-0.39, 0.29) is 0 Å². The van der Waals surface area contributed by atoms with Gasteiger partial charge in [-0.2, -0.15) is 9.97 Å². The lowest BCUT2D eigenvalue weighted by Crippen LogP contribution is -2.42. The first kappa shape index (κ1) is 23.4. The van der Waals surface area contributed by atoms with Gasteiger partial charge in [-0.1, -0.05) is 13.8 Å². The molecule has 0 radical (unpaired) electrons. The van der Waals surface area contributed by atoms with Gasteiger partial charge in [0.15, 0.2) is 5.11 Å². The highest BCUT2D eigenvalue weighted by atomic mass is 32.1. The number of hydrogen-bond donors (Lipinski definition) is 2. The maximum atomic E-state index is 5.56. The lowest BCUT2D eigenvalue weighted by atomic mass is 9.99. The highest BCUT2D eigenvalue weighted by Crippen LogP contribution is 2.28. The minimum Gasteiger partial charge on any atom is -0.379 e. The van der Waals surface area contributed by atoms with Gasteiger partial charge >= 0.3 is 0 Å². The zero-order valence-electron chi connectivity index (χ0n) is 19.7. The molecule has 0 aromatic carbocycles. The third kappa shape index (κ3) is 6.65. The van der Waals surface area contributed by atoms with Gasteiger partial charge in [0.1, 0.15) is 11.6 Å². The first-order chi connectivity index (χ1) is 15.6. The van der Waals surface area contributed by atoms with Crippen molar-refractivity contribution in [1.82, 2.24) is 20.2 Å². The predicted molar refractivity (Wildman–Crippen MR) is 135 cm³/mol. The summed E-state index contributed by atoms with van der Waals surface area (Å²) in [6.07, 6.45) is 4.93. The van der Waals surface area contributed by atoms with Gasteiger partial charge in [-0.05, 0) is 49.7 Å². The molecule has 1 aromatic heterocycles. The number of thiocarbonyl (C=S) groups is 1. The van der Waals surface area contributed by atoms with Crippen LogP contribution in [0.5, 0.6) is 0 Å². The topological polar surface area (TPSA) is 68.8 Å². The number of hydrogen-bond acceptors (Lipinski definition) is 7. The Bertz CT molecular complexity index is 750. The molecule has 0 unspecified atom stereocenters. The molecule has 1 aromatic rings. The van der Waals surface area contributed by atoms with Crippen molar-refractivity contribution < 1.29 is 4.74 Å². The fourth-order valence-corrected chi connectivity index (χ4v) is 4.93. The van der Waals surface area contributed by atoms with Crippen LogP contribution in [0.15, 0.2) is 6.07 Å². The number of morpholine rings is 1. The molecule has 0 aliphatic carbocycles. The lowest BCUT2D eigenvalue weighted by molar-refractivity contribution is 0.0389. The van der Waals surface area contributed by atoms with Crippen molar-refractivity contribution in [1.29, 1.82) is 0 Å². The van der Waals surface area contributed by atoms with Crippen molar-refractivity contribution in [2.45, 2.75) is 39.5 Å². The van der Waals surface area contributed by atoms with Crippen molar-refractivity contribution in [3.63, 3.8) is 0 Å². The standard InChI is InChI=1S/C23H39N7OS/c1-18-5-9-29(10-6-18)20-16-21(30-8-3-4-19(2)17-30)26-22(25-20)27-23(32)24-7-11-28-12-14-31-15-13-28/h16,18-19H,3-15,17H2,1-2H3,(H2,24,25,26,27,32)/t19-/m0/s1. The van der Waals surface area contributed by atoms with Gasteiger partial charge in [0.05, 0.1) is 13.2 Å². The molecule has 2 N–H and O–H groups in total. The van der Waals surface area contributed by atoms with Crippen LogP contribution in [0, 0.1) is 11.8 Å². The average Bonchev–Trinajstić information content (AvgIpc) is 2.80. The van der Waals surface area contributed by atoms with Crippen LogP contribution in [-0.4, -0.2) is 85.6 Å². The summed E-state index contributed by atoms with van der Waals surface area (Å²) in [7, 11) is 0. The Balaban J connectivity index is 1.41. The number of nitrogens with one attached hydrogen (secondary N) is 2. The van der Waals surface area contributed by atoms with Gasteiger partial charge in [-0.3, -0.25) is 4.90 Å². The van der Waals surface area contributed by atoms with Crippen molar-refractivity contribution in [3.8, 4) is 0 Å². The van der Waals surface area contributed by atoms with Crippen LogP contribution >= 0.6 is 12.2 Å². The molecule has 3 saturated heterocycles. The molecule has 9 heteroatoms. The number of piperidine rings is 2. The number of ether oxygens (including phenoxy) is 1. The van der Waals surface area contributed by atoms with Gasteiger partial charge in [0, 0.05) is 58.4 Å². The Kier molecular flexibility index (Phi) is 8.37. The van der Waals surface area contributed by atoms with Crippen LogP contribution in [0.25, 0.3) is 0 Å². The second kappa shape index (κ2) is 11.4. The van der Waals surface area contributed by atoms with Crippen LogP contribution in [-0.2, 0) is 4.74 Å². The zero-order chi connectivity index (χ0) is 22.3. The molecule has 3 aliphatic rings. The molecule has 4 heterocycles. The normalized spacial score (nSPS) is 23.2. The van der Waals surface area contributed by atoms with Gasteiger partial charge in [-0.15, -0.1) is 0 Å². The van der Waals surface area contributed by atoms with Crippen molar-refractivity contribution in [3.05, 3.63) is 6.07 Å². The minimum absolute atomic E-state index is 0.584. The molecule has 4 rings (SSSR count). The van der Waals surface area contributed by atoms with Crippen molar-refractivity contribution >= 4 is 34.9 Å². The highest BCUT2D eigenvalue weighted by molar-refractivity contribution is 7.80. The van der Waals surface area contributed by atoms with Gasteiger partial charge < -0.3 is 25.2 Å². The summed E-state index contributed by atoms with van der Waals surface area (Å²) < 4.78 is 5.42. The van der Waals surface area contributed by atoms with Crippen LogP contribution < -0.4 is 20.4 Å². The van der Waals surface area contributed by atoms with E-state index in [9.17, 15) is 0 Å². The van der Waals surface area contributed by atoms with Gasteiger partial charge in [0.25, 0.3) is 0 Å². The molecule has 0 spiro atoms. The molecule has 178 valence electrons. The summed E-state index contributed by atoms with van der Waals surface area (Å²) in [5, 5.41) is 7.16. The highest BCUT2D eigenvalue weighted by Gasteiger charge is 2.22. The molecule has 0 saturated carbocycles. The Morgan fingerprint density at radius 3 is 2.44 bits per heavy atom. The molecular formula is C23H39N7OS. The summed E-state index contributed by atoms with van der Waals surface area (Å²) in [4.78, 5) is 16.9. The number of aromatic nitrogens is 2. The van der Waals surface area contributed by atoms with E-state index in [4.69, 9.17) is 26.9 Å². The lowest BCUT2D eigenvalue weighted by Gasteiger charge is -2.34. The van der Waals surface area contributed by atoms with Crippen LogP contribution in [0.4, 0.5) is 17.6 Å². The van der Waals surface area contributed by atoms with Gasteiger partial charge in [-0.25, -0.2) is 0 Å². The Hall–Kier alpha value is -1.71. The summed E-state index contributed by atoms with van der Waals surface area (Å²) in [6.45, 7) is 14.2. The molecule has 32 heavy (non-hydrogen) atoms. The molecule has 3 fully saturated rings. The Morgan fingerprint density at radius 1 is 1.00 bits per heavy atom. The summed E-state index contributed by atoms with van der Waals surface area (Å²) in [5.41, 5.74) is 0. The average molecular weight is 462 g/mol. The third-order valence-electron chi connectivity index (χ3n) is 6.83. The number of nitrogens with zero attached hydrogens (tertiary/aromatic N) is 5. The maximum Gasteiger partial charge on any atom is 0.232 e. The van der Waals surface area contributed by atoms with E-state index >= 15 is 0 Å². The summed E-state index contributed by atoms with van der Waals surface area (Å²) in [6, 6.07) is 2.17.